The van der Waals surface area contributed by atoms with Gasteiger partial charge in [-0.2, -0.15) is 0 Å². The van der Waals surface area contributed by atoms with Crippen LogP contribution in [0.2, 0.25) is 0 Å². The number of nitrogens with two attached hydrogens (primary N) is 1. The second-order valence-electron chi connectivity index (χ2n) is 6.42. The Kier molecular flexibility index (Phi) is 3.51. The van der Waals surface area contributed by atoms with Crippen molar-refractivity contribution in [3.63, 3.8) is 0 Å². The molecule has 1 aromatic heterocycles. The largest absolute Gasteiger partial charge is 0.397 e. The van der Waals surface area contributed by atoms with Gasteiger partial charge in [0.05, 0.1) is 11.9 Å². The normalized spacial score (nSPS) is 19.8. The van der Waals surface area contributed by atoms with Gasteiger partial charge in [0.25, 0.3) is 0 Å². The molecular formula is C15H25N3. The van der Waals surface area contributed by atoms with E-state index in [0.29, 0.717) is 11.5 Å². The highest BCUT2D eigenvalue weighted by molar-refractivity contribution is 5.52. The maximum atomic E-state index is 5.76. The summed E-state index contributed by atoms with van der Waals surface area (Å²) < 4.78 is 0. The zero-order valence-corrected chi connectivity index (χ0v) is 12.0. The Morgan fingerprint density at radius 3 is 2.50 bits per heavy atom. The molecule has 1 saturated carbocycles. The number of hydrogen-bond acceptors (Lipinski definition) is 3. The molecule has 0 radical (unpaired) electrons. The van der Waals surface area contributed by atoms with Crippen LogP contribution in [0, 0.1) is 12.3 Å². The minimum absolute atomic E-state index is 0.515. The summed E-state index contributed by atoms with van der Waals surface area (Å²) in [5, 5.41) is 0. The Bertz CT molecular complexity index is 416. The minimum atomic E-state index is 0.515. The number of rotatable bonds is 2. The first kappa shape index (κ1) is 13.2. The van der Waals surface area contributed by atoms with Crippen molar-refractivity contribution >= 4 is 11.5 Å². The molecule has 0 aliphatic heterocycles. The predicted octanol–water partition coefficient (Wildman–Crippen LogP) is 3.38. The van der Waals surface area contributed by atoms with Gasteiger partial charge >= 0.3 is 0 Å². The number of hydrogen-bond donors (Lipinski definition) is 1. The van der Waals surface area contributed by atoms with E-state index in [9.17, 15) is 0 Å². The van der Waals surface area contributed by atoms with Crippen molar-refractivity contribution in [2.75, 3.05) is 17.7 Å². The number of anilines is 2. The molecule has 1 aliphatic carbocycles. The van der Waals surface area contributed by atoms with Crippen molar-refractivity contribution in [2.45, 2.75) is 52.5 Å². The molecule has 0 aromatic carbocycles. The van der Waals surface area contributed by atoms with Crippen molar-refractivity contribution < 1.29 is 0 Å². The van der Waals surface area contributed by atoms with Gasteiger partial charge in [-0.1, -0.05) is 13.8 Å². The zero-order valence-electron chi connectivity index (χ0n) is 12.0. The van der Waals surface area contributed by atoms with Crippen molar-refractivity contribution in [1.29, 1.82) is 0 Å². The number of aromatic nitrogens is 1. The van der Waals surface area contributed by atoms with Crippen molar-refractivity contribution in [3.8, 4) is 0 Å². The van der Waals surface area contributed by atoms with E-state index in [0.717, 1.165) is 11.5 Å². The quantitative estimate of drug-likeness (QED) is 0.871. The summed E-state index contributed by atoms with van der Waals surface area (Å²) in [4.78, 5) is 6.83. The third-order valence-electron chi connectivity index (χ3n) is 4.26. The summed E-state index contributed by atoms with van der Waals surface area (Å²) >= 11 is 0. The lowest BCUT2D eigenvalue weighted by Crippen LogP contribution is -2.38. The van der Waals surface area contributed by atoms with Crippen LogP contribution >= 0.6 is 0 Å². The maximum absolute atomic E-state index is 5.76. The molecule has 0 amide bonds. The van der Waals surface area contributed by atoms with Crippen molar-refractivity contribution in [2.24, 2.45) is 5.41 Å². The summed E-state index contributed by atoms with van der Waals surface area (Å²) in [5.41, 5.74) is 8.19. The smallest absolute Gasteiger partial charge is 0.131 e. The van der Waals surface area contributed by atoms with E-state index in [2.05, 4.69) is 37.7 Å². The highest BCUT2D eigenvalue weighted by Gasteiger charge is 2.29. The molecule has 1 aromatic rings. The summed E-state index contributed by atoms with van der Waals surface area (Å²) in [5.74, 6) is 1.08. The monoisotopic (exact) mass is 247 g/mol. The summed E-state index contributed by atoms with van der Waals surface area (Å²) in [6, 6.07) is 2.62. The van der Waals surface area contributed by atoms with E-state index < -0.39 is 0 Å². The average molecular weight is 247 g/mol. The van der Waals surface area contributed by atoms with Crippen molar-refractivity contribution in [3.05, 3.63) is 17.8 Å². The molecule has 0 saturated heterocycles. The fourth-order valence-corrected chi connectivity index (χ4v) is 2.90. The van der Waals surface area contributed by atoms with Crippen LogP contribution in [0.25, 0.3) is 0 Å². The van der Waals surface area contributed by atoms with Gasteiger partial charge in [-0.15, -0.1) is 0 Å². The molecule has 1 fully saturated rings. The second-order valence-corrected chi connectivity index (χ2v) is 6.42. The Hall–Kier alpha value is -1.25. The molecular weight excluding hydrogens is 222 g/mol. The van der Waals surface area contributed by atoms with Crippen LogP contribution in [0.4, 0.5) is 11.5 Å². The van der Waals surface area contributed by atoms with E-state index in [1.54, 1.807) is 6.20 Å². The molecule has 3 nitrogen and oxygen atoms in total. The molecule has 3 heteroatoms. The predicted molar refractivity (Wildman–Crippen MR) is 77.8 cm³/mol. The van der Waals surface area contributed by atoms with Gasteiger partial charge in [0, 0.05) is 13.1 Å². The topological polar surface area (TPSA) is 42.1 Å². The lowest BCUT2D eigenvalue weighted by molar-refractivity contribution is 0.222. The van der Waals surface area contributed by atoms with Crippen LogP contribution in [-0.2, 0) is 0 Å². The maximum Gasteiger partial charge on any atom is 0.131 e. The SMILES string of the molecule is Cc1cc(N)cnc1N(C)C1CCC(C)(C)CC1. The zero-order chi connectivity index (χ0) is 13.3. The molecule has 1 aliphatic rings. The molecule has 0 atom stereocenters. The standard InChI is InChI=1S/C15H25N3/c1-11-9-12(16)10-17-14(11)18(4)13-5-7-15(2,3)8-6-13/h9-10,13H,5-8,16H2,1-4H3. The van der Waals surface area contributed by atoms with Gasteiger partial charge in [-0.25, -0.2) is 4.98 Å². The first-order valence-corrected chi connectivity index (χ1v) is 6.84. The van der Waals surface area contributed by atoms with Gasteiger partial charge < -0.3 is 10.6 Å². The van der Waals surface area contributed by atoms with Gasteiger partial charge in [0.1, 0.15) is 5.82 Å². The molecule has 2 rings (SSSR count). The van der Waals surface area contributed by atoms with Crippen molar-refractivity contribution in [1.82, 2.24) is 4.98 Å². The van der Waals surface area contributed by atoms with Crippen LogP contribution in [-0.4, -0.2) is 18.1 Å². The molecule has 18 heavy (non-hydrogen) atoms. The van der Waals surface area contributed by atoms with Crippen LogP contribution in [0.1, 0.15) is 45.1 Å². The van der Waals surface area contributed by atoms with E-state index >= 15 is 0 Å². The summed E-state index contributed by atoms with van der Waals surface area (Å²) in [7, 11) is 2.16. The number of nitrogen functional groups attached to an aromatic ring is 1. The number of pyridine rings is 1. The molecule has 1 heterocycles. The van der Waals surface area contributed by atoms with Crippen LogP contribution in [0.15, 0.2) is 12.3 Å². The molecule has 0 spiro atoms. The minimum Gasteiger partial charge on any atom is -0.397 e. The molecule has 0 unspecified atom stereocenters. The second kappa shape index (κ2) is 4.79. The Morgan fingerprint density at radius 2 is 1.94 bits per heavy atom. The van der Waals surface area contributed by atoms with E-state index in [1.807, 2.05) is 6.07 Å². The van der Waals surface area contributed by atoms with E-state index in [4.69, 9.17) is 5.73 Å². The lowest BCUT2D eigenvalue weighted by Gasteiger charge is -2.39. The fraction of sp³-hybridized carbons (Fsp3) is 0.667. The van der Waals surface area contributed by atoms with E-state index in [1.165, 1.54) is 31.2 Å². The first-order chi connectivity index (χ1) is 8.39. The van der Waals surface area contributed by atoms with Crippen LogP contribution < -0.4 is 10.6 Å². The third-order valence-corrected chi connectivity index (χ3v) is 4.26. The number of nitrogens with zero attached hydrogens (tertiary/aromatic N) is 2. The molecule has 100 valence electrons. The van der Waals surface area contributed by atoms with Crippen LogP contribution in [0.5, 0.6) is 0 Å². The van der Waals surface area contributed by atoms with Gasteiger partial charge in [0.2, 0.25) is 0 Å². The van der Waals surface area contributed by atoms with Gasteiger partial charge in [-0.05, 0) is 49.7 Å². The Labute approximate surface area is 110 Å². The summed E-state index contributed by atoms with van der Waals surface area (Å²) in [6.45, 7) is 6.83. The Morgan fingerprint density at radius 1 is 1.33 bits per heavy atom. The van der Waals surface area contributed by atoms with E-state index in [-0.39, 0.29) is 0 Å². The Balaban J connectivity index is 2.10. The third kappa shape index (κ3) is 2.77. The first-order valence-electron chi connectivity index (χ1n) is 6.84. The lowest BCUT2D eigenvalue weighted by atomic mass is 9.75. The molecule has 2 N–H and O–H groups in total. The fourth-order valence-electron chi connectivity index (χ4n) is 2.90. The summed E-state index contributed by atoms with van der Waals surface area (Å²) in [6.07, 6.45) is 6.88. The van der Waals surface area contributed by atoms with Gasteiger partial charge in [-0.3, -0.25) is 0 Å². The van der Waals surface area contributed by atoms with Gasteiger partial charge in [0.15, 0.2) is 0 Å². The van der Waals surface area contributed by atoms with Crippen LogP contribution in [0.3, 0.4) is 0 Å². The highest BCUT2D eigenvalue weighted by Crippen LogP contribution is 2.37. The molecule has 0 bridgehead atoms. The number of aryl methyl sites for hydroxylation is 1. The highest BCUT2D eigenvalue weighted by atomic mass is 15.2. The average Bonchev–Trinajstić information content (AvgIpc) is 2.28.